The number of nitrogens with zero attached hydrogens (tertiary/aromatic N) is 2. The van der Waals surface area contributed by atoms with Gasteiger partial charge in [0.05, 0.1) is 6.54 Å². The van der Waals surface area contributed by atoms with Crippen LogP contribution in [0.25, 0.3) is 0 Å². The van der Waals surface area contributed by atoms with Crippen LogP contribution in [-0.4, -0.2) is 21.8 Å². The number of benzene rings is 2. The molecular weight excluding hydrogens is 417 g/mol. The Morgan fingerprint density at radius 1 is 1.06 bits per heavy atom. The van der Waals surface area contributed by atoms with Crippen LogP contribution < -0.4 is 5.32 Å². The minimum atomic E-state index is -0.333. The van der Waals surface area contributed by atoms with Gasteiger partial charge in [-0.2, -0.15) is 0 Å². The number of oxazole rings is 1. The molecule has 31 heavy (non-hydrogen) atoms. The van der Waals surface area contributed by atoms with Gasteiger partial charge in [0.15, 0.2) is 5.69 Å². The Morgan fingerprint density at radius 3 is 2.35 bits per heavy atom. The van der Waals surface area contributed by atoms with E-state index in [0.29, 0.717) is 29.9 Å². The molecule has 0 saturated carbocycles. The van der Waals surface area contributed by atoms with Crippen LogP contribution in [0.5, 0.6) is 0 Å². The quantitative estimate of drug-likeness (QED) is 0.478. The van der Waals surface area contributed by atoms with Crippen molar-refractivity contribution >= 4 is 17.5 Å². The van der Waals surface area contributed by atoms with Gasteiger partial charge in [-0.25, -0.2) is 9.37 Å². The topological polar surface area (TPSA) is 58.4 Å². The van der Waals surface area contributed by atoms with Gasteiger partial charge in [0.2, 0.25) is 5.89 Å². The molecule has 3 aromatic rings. The second-order valence-corrected chi connectivity index (χ2v) is 8.39. The molecule has 7 heteroatoms. The fourth-order valence-corrected chi connectivity index (χ4v) is 3.25. The van der Waals surface area contributed by atoms with Crippen LogP contribution in [0, 0.1) is 11.7 Å². The first-order valence-electron chi connectivity index (χ1n) is 10.3. The zero-order chi connectivity index (χ0) is 22.4. The molecule has 1 aromatic heterocycles. The molecule has 0 radical (unpaired) electrons. The van der Waals surface area contributed by atoms with E-state index in [1.807, 2.05) is 24.3 Å². The summed E-state index contributed by atoms with van der Waals surface area (Å²) in [7, 11) is 0. The Labute approximate surface area is 187 Å². The zero-order valence-corrected chi connectivity index (χ0v) is 18.7. The van der Waals surface area contributed by atoms with Gasteiger partial charge in [0.1, 0.15) is 12.1 Å². The van der Waals surface area contributed by atoms with Crippen LogP contribution in [0.1, 0.15) is 48.3 Å². The van der Waals surface area contributed by atoms with E-state index in [2.05, 4.69) is 36.0 Å². The van der Waals surface area contributed by atoms with Crippen molar-refractivity contribution in [2.24, 2.45) is 5.92 Å². The van der Waals surface area contributed by atoms with E-state index in [0.717, 1.165) is 11.1 Å². The van der Waals surface area contributed by atoms with Crippen LogP contribution in [0.2, 0.25) is 5.02 Å². The summed E-state index contributed by atoms with van der Waals surface area (Å²) in [6.07, 6.45) is 1.37. The monoisotopic (exact) mass is 443 g/mol. The number of aromatic nitrogens is 1. The lowest BCUT2D eigenvalue weighted by atomic mass is 10.0. The number of nitrogens with one attached hydrogen (secondary N) is 1. The Bertz CT molecular complexity index is 987. The van der Waals surface area contributed by atoms with Crippen LogP contribution in [0.15, 0.2) is 59.2 Å². The van der Waals surface area contributed by atoms with E-state index in [4.69, 9.17) is 16.0 Å². The molecule has 0 fully saturated rings. The highest BCUT2D eigenvalue weighted by molar-refractivity contribution is 6.30. The maximum atomic E-state index is 13.0. The molecule has 0 aliphatic heterocycles. The predicted octanol–water partition coefficient (Wildman–Crippen LogP) is 5.44. The van der Waals surface area contributed by atoms with Crippen molar-refractivity contribution in [3.8, 4) is 0 Å². The van der Waals surface area contributed by atoms with E-state index in [-0.39, 0.29) is 30.0 Å². The predicted molar refractivity (Wildman–Crippen MR) is 119 cm³/mol. The van der Waals surface area contributed by atoms with E-state index in [9.17, 15) is 9.18 Å². The number of amides is 1. The lowest BCUT2D eigenvalue weighted by Crippen LogP contribution is -2.36. The second kappa shape index (κ2) is 10.6. The van der Waals surface area contributed by atoms with Gasteiger partial charge in [-0.3, -0.25) is 9.69 Å². The van der Waals surface area contributed by atoms with Gasteiger partial charge < -0.3 is 9.73 Å². The van der Waals surface area contributed by atoms with Crippen molar-refractivity contribution in [3.63, 3.8) is 0 Å². The van der Waals surface area contributed by atoms with E-state index in [1.165, 1.54) is 18.4 Å². The molecule has 1 heterocycles. The van der Waals surface area contributed by atoms with Crippen LogP contribution in [-0.2, 0) is 19.6 Å². The fourth-order valence-electron chi connectivity index (χ4n) is 3.13. The standard InChI is InChI=1S/C24H27ClFN3O2/c1-16(2)17(3)29(13-19-4-8-20(25)9-5-19)14-23-28-22(15-31-23)24(30)27-12-18-6-10-21(26)11-7-18/h4-11,15-17H,12-14H2,1-3H3,(H,27,30)/t17-/m0/s1. The smallest absolute Gasteiger partial charge is 0.273 e. The van der Waals surface area contributed by atoms with Gasteiger partial charge in [0, 0.05) is 24.2 Å². The molecule has 0 spiro atoms. The van der Waals surface area contributed by atoms with Crippen molar-refractivity contribution < 1.29 is 13.6 Å². The number of carbonyl (C=O) groups is 1. The first-order chi connectivity index (χ1) is 14.8. The van der Waals surface area contributed by atoms with Gasteiger partial charge in [-0.1, -0.05) is 49.7 Å². The van der Waals surface area contributed by atoms with Gasteiger partial charge in [-0.15, -0.1) is 0 Å². The van der Waals surface area contributed by atoms with Crippen LogP contribution in [0.3, 0.4) is 0 Å². The molecule has 1 atom stereocenters. The van der Waals surface area contributed by atoms with Crippen LogP contribution >= 0.6 is 11.6 Å². The molecule has 3 rings (SSSR count). The molecule has 2 aromatic carbocycles. The maximum Gasteiger partial charge on any atom is 0.273 e. The number of rotatable bonds is 9. The summed E-state index contributed by atoms with van der Waals surface area (Å²) in [5.74, 6) is 0.268. The normalized spacial score (nSPS) is 12.4. The Morgan fingerprint density at radius 2 is 1.71 bits per heavy atom. The Hall–Kier alpha value is -2.70. The van der Waals surface area contributed by atoms with Crippen molar-refractivity contribution in [2.45, 2.75) is 46.4 Å². The molecule has 0 aliphatic carbocycles. The largest absolute Gasteiger partial charge is 0.447 e. The summed E-state index contributed by atoms with van der Waals surface area (Å²) in [5, 5.41) is 3.48. The molecule has 1 N–H and O–H groups in total. The summed E-state index contributed by atoms with van der Waals surface area (Å²) in [4.78, 5) is 19.1. The van der Waals surface area contributed by atoms with Crippen molar-refractivity contribution in [2.75, 3.05) is 0 Å². The van der Waals surface area contributed by atoms with Crippen molar-refractivity contribution in [1.29, 1.82) is 0 Å². The summed E-state index contributed by atoms with van der Waals surface area (Å²) in [6.45, 7) is 7.99. The number of hydrogen-bond donors (Lipinski definition) is 1. The number of carbonyl (C=O) groups excluding carboxylic acids is 1. The highest BCUT2D eigenvalue weighted by Crippen LogP contribution is 2.19. The van der Waals surface area contributed by atoms with Gasteiger partial charge in [-0.05, 0) is 48.2 Å². The van der Waals surface area contributed by atoms with E-state index in [1.54, 1.807) is 12.1 Å². The number of hydrogen-bond acceptors (Lipinski definition) is 4. The zero-order valence-electron chi connectivity index (χ0n) is 17.9. The molecule has 0 aliphatic rings. The SMILES string of the molecule is CC(C)[C@H](C)N(Cc1ccc(Cl)cc1)Cc1nc(C(=O)NCc2ccc(F)cc2)co1. The van der Waals surface area contributed by atoms with Crippen molar-refractivity contribution in [3.05, 3.63) is 88.3 Å². The molecular formula is C24H27ClFN3O2. The fraction of sp³-hybridized carbons (Fsp3) is 0.333. The summed E-state index contributed by atoms with van der Waals surface area (Å²) >= 11 is 6.00. The average molecular weight is 444 g/mol. The lowest BCUT2D eigenvalue weighted by molar-refractivity contribution is 0.0945. The Balaban J connectivity index is 1.64. The highest BCUT2D eigenvalue weighted by atomic mass is 35.5. The molecule has 1 amide bonds. The third kappa shape index (κ3) is 6.64. The minimum Gasteiger partial charge on any atom is -0.447 e. The molecule has 0 bridgehead atoms. The van der Waals surface area contributed by atoms with Crippen molar-refractivity contribution in [1.82, 2.24) is 15.2 Å². The molecule has 0 unspecified atom stereocenters. The summed E-state index contributed by atoms with van der Waals surface area (Å²) in [5.41, 5.74) is 2.17. The minimum absolute atomic E-state index is 0.223. The summed E-state index contributed by atoms with van der Waals surface area (Å²) < 4.78 is 18.6. The first kappa shape index (κ1) is 23.0. The first-order valence-corrected chi connectivity index (χ1v) is 10.6. The van der Waals surface area contributed by atoms with Gasteiger partial charge >= 0.3 is 0 Å². The van der Waals surface area contributed by atoms with Gasteiger partial charge in [0.25, 0.3) is 5.91 Å². The molecule has 5 nitrogen and oxygen atoms in total. The Kier molecular flexibility index (Phi) is 7.82. The summed E-state index contributed by atoms with van der Waals surface area (Å²) in [6, 6.07) is 14.0. The highest BCUT2D eigenvalue weighted by Gasteiger charge is 2.21. The maximum absolute atomic E-state index is 13.0. The third-order valence-corrected chi connectivity index (χ3v) is 5.58. The van der Waals surface area contributed by atoms with E-state index >= 15 is 0 Å². The van der Waals surface area contributed by atoms with Crippen LogP contribution in [0.4, 0.5) is 4.39 Å². The average Bonchev–Trinajstić information content (AvgIpc) is 3.22. The molecule has 164 valence electrons. The molecule has 0 saturated heterocycles. The lowest BCUT2D eigenvalue weighted by Gasteiger charge is -2.30. The van der Waals surface area contributed by atoms with E-state index < -0.39 is 0 Å². The third-order valence-electron chi connectivity index (χ3n) is 5.33. The second-order valence-electron chi connectivity index (χ2n) is 7.95. The number of halogens is 2.